The van der Waals surface area contributed by atoms with Crippen LogP contribution in [-0.4, -0.2) is 37.3 Å². The van der Waals surface area contributed by atoms with Crippen LogP contribution in [0.2, 0.25) is 0 Å². The van der Waals surface area contributed by atoms with E-state index in [2.05, 4.69) is 27.5 Å². The third-order valence-electron chi connectivity index (χ3n) is 3.09. The third-order valence-corrected chi connectivity index (χ3v) is 3.09. The Balaban J connectivity index is 2.02. The van der Waals surface area contributed by atoms with Crippen LogP contribution in [0.15, 0.2) is 31.2 Å². The van der Waals surface area contributed by atoms with Gasteiger partial charge in [0.1, 0.15) is 0 Å². The molecule has 1 fully saturated rings. The molecule has 1 aliphatic heterocycles. The first kappa shape index (κ1) is 12.9. The second-order valence-electron chi connectivity index (χ2n) is 4.33. The van der Waals surface area contributed by atoms with Crippen molar-refractivity contribution in [1.82, 2.24) is 10.3 Å². The first-order chi connectivity index (χ1) is 8.83. The van der Waals surface area contributed by atoms with Crippen molar-refractivity contribution in [3.05, 3.63) is 31.2 Å². The van der Waals surface area contributed by atoms with E-state index in [0.717, 1.165) is 30.9 Å². The lowest BCUT2D eigenvalue weighted by atomic mass is 10.0. The van der Waals surface area contributed by atoms with E-state index < -0.39 is 0 Å². The average Bonchev–Trinajstić information content (AvgIpc) is 2.40. The quantitative estimate of drug-likeness (QED) is 0.736. The molecule has 0 spiro atoms. The molecule has 1 saturated heterocycles. The highest BCUT2D eigenvalue weighted by Gasteiger charge is 2.24. The summed E-state index contributed by atoms with van der Waals surface area (Å²) < 4.78 is 5.48. The molecule has 2 atom stereocenters. The molecule has 5 heteroatoms. The monoisotopic (exact) mass is 248 g/mol. The largest absolute Gasteiger partial charge is 0.378 e. The van der Waals surface area contributed by atoms with Gasteiger partial charge in [0.2, 0.25) is 0 Å². The van der Waals surface area contributed by atoms with Crippen molar-refractivity contribution < 1.29 is 4.74 Å². The zero-order chi connectivity index (χ0) is 12.8. The molecule has 0 aliphatic carbocycles. The molecule has 18 heavy (non-hydrogen) atoms. The molecule has 2 unspecified atom stereocenters. The number of pyridine rings is 1. The smallest absolute Gasteiger partial charge is 0.0896 e. The molecule has 0 bridgehead atoms. The summed E-state index contributed by atoms with van der Waals surface area (Å²) in [6, 6.07) is 2.33. The highest BCUT2D eigenvalue weighted by molar-refractivity contribution is 5.55. The topological polar surface area (TPSA) is 58.2 Å². The fourth-order valence-electron chi connectivity index (χ4n) is 2.17. The van der Waals surface area contributed by atoms with E-state index in [9.17, 15) is 0 Å². The fraction of sp³-hybridized carbons (Fsp3) is 0.462. The van der Waals surface area contributed by atoms with Crippen LogP contribution in [0.4, 0.5) is 11.4 Å². The Morgan fingerprint density at radius 3 is 3.11 bits per heavy atom. The number of piperidine rings is 1. The molecule has 98 valence electrons. The van der Waals surface area contributed by atoms with Gasteiger partial charge in [-0.25, -0.2) is 0 Å². The van der Waals surface area contributed by atoms with Gasteiger partial charge >= 0.3 is 0 Å². The molecular weight excluding hydrogens is 228 g/mol. The van der Waals surface area contributed by atoms with Crippen LogP contribution in [0.3, 0.4) is 0 Å². The highest BCUT2D eigenvalue weighted by Crippen LogP contribution is 2.17. The average molecular weight is 248 g/mol. The van der Waals surface area contributed by atoms with Gasteiger partial charge in [-0.05, 0) is 25.2 Å². The number of nitrogens with one attached hydrogen (secondary N) is 3. The fourth-order valence-corrected chi connectivity index (χ4v) is 2.17. The summed E-state index contributed by atoms with van der Waals surface area (Å²) in [5.41, 5.74) is 1.92. The molecule has 0 amide bonds. The number of hydrogen-bond donors (Lipinski definition) is 3. The van der Waals surface area contributed by atoms with Crippen LogP contribution in [0, 0.1) is 0 Å². The van der Waals surface area contributed by atoms with Gasteiger partial charge < -0.3 is 20.7 Å². The molecule has 0 radical (unpaired) electrons. The van der Waals surface area contributed by atoms with E-state index >= 15 is 0 Å². The van der Waals surface area contributed by atoms with Crippen molar-refractivity contribution >= 4 is 11.4 Å². The summed E-state index contributed by atoms with van der Waals surface area (Å²) in [6.07, 6.45) is 6.46. The van der Waals surface area contributed by atoms with Gasteiger partial charge in [-0.15, -0.1) is 0 Å². The molecule has 2 rings (SSSR count). The summed E-state index contributed by atoms with van der Waals surface area (Å²) in [7, 11) is 1.75. The van der Waals surface area contributed by atoms with Gasteiger partial charge in [-0.1, -0.05) is 6.58 Å². The summed E-state index contributed by atoms with van der Waals surface area (Å²) in [5, 5.41) is 9.83. The number of anilines is 2. The zero-order valence-electron chi connectivity index (χ0n) is 10.6. The van der Waals surface area contributed by atoms with E-state index in [1.54, 1.807) is 19.5 Å². The third kappa shape index (κ3) is 3.21. The Kier molecular flexibility index (Phi) is 4.55. The second-order valence-corrected chi connectivity index (χ2v) is 4.33. The van der Waals surface area contributed by atoms with Gasteiger partial charge in [0.25, 0.3) is 0 Å². The summed E-state index contributed by atoms with van der Waals surface area (Å²) >= 11 is 0. The molecule has 1 aromatic heterocycles. The van der Waals surface area contributed by atoms with Gasteiger partial charge in [0.15, 0.2) is 0 Å². The van der Waals surface area contributed by atoms with Gasteiger partial charge in [0, 0.05) is 13.7 Å². The minimum Gasteiger partial charge on any atom is -0.378 e. The lowest BCUT2D eigenvalue weighted by Crippen LogP contribution is -2.48. The Hall–Kier alpha value is -1.59. The van der Waals surface area contributed by atoms with E-state index in [1.165, 1.54) is 0 Å². The molecule has 5 nitrogen and oxygen atoms in total. The number of hydrogen-bond acceptors (Lipinski definition) is 5. The number of ether oxygens (including phenoxy) is 1. The molecule has 1 aromatic rings. The predicted molar refractivity (Wildman–Crippen MR) is 73.8 cm³/mol. The number of rotatable bonds is 5. The zero-order valence-corrected chi connectivity index (χ0v) is 10.6. The van der Waals surface area contributed by atoms with Crippen molar-refractivity contribution in [2.45, 2.75) is 18.6 Å². The van der Waals surface area contributed by atoms with Crippen molar-refractivity contribution in [2.24, 2.45) is 0 Å². The first-order valence-electron chi connectivity index (χ1n) is 6.16. The minimum atomic E-state index is 0.190. The molecule has 1 aliphatic rings. The van der Waals surface area contributed by atoms with Crippen LogP contribution in [0.25, 0.3) is 0 Å². The normalized spacial score (nSPS) is 23.4. The van der Waals surface area contributed by atoms with Crippen LogP contribution in [-0.2, 0) is 4.74 Å². The Morgan fingerprint density at radius 2 is 2.33 bits per heavy atom. The van der Waals surface area contributed by atoms with Crippen LogP contribution >= 0.6 is 0 Å². The van der Waals surface area contributed by atoms with Crippen molar-refractivity contribution in [3.63, 3.8) is 0 Å². The van der Waals surface area contributed by atoms with Crippen molar-refractivity contribution in [1.29, 1.82) is 0 Å². The highest BCUT2D eigenvalue weighted by atomic mass is 16.5. The number of aromatic nitrogens is 1. The molecule has 3 N–H and O–H groups in total. The lowest BCUT2D eigenvalue weighted by Gasteiger charge is -2.32. The maximum atomic E-state index is 5.48. The molecule has 2 heterocycles. The SMILES string of the molecule is C=CNc1cncc(NC2CCNCC2OC)c1. The summed E-state index contributed by atoms with van der Waals surface area (Å²) in [5.74, 6) is 0. The van der Waals surface area contributed by atoms with E-state index in [-0.39, 0.29) is 6.10 Å². The van der Waals surface area contributed by atoms with E-state index in [1.807, 2.05) is 12.3 Å². The summed E-state index contributed by atoms with van der Waals surface area (Å²) in [6.45, 7) is 5.53. The molecular formula is C13H20N4O. The van der Waals surface area contributed by atoms with E-state index in [4.69, 9.17) is 4.74 Å². The van der Waals surface area contributed by atoms with Crippen LogP contribution < -0.4 is 16.0 Å². The standard InChI is InChI=1S/C13H20N4O/c1-3-16-10-6-11(8-15-7-10)17-12-4-5-14-9-13(12)18-2/h3,6-8,12-14,16-17H,1,4-5,9H2,2H3. The number of methoxy groups -OCH3 is 1. The van der Waals surface area contributed by atoms with Crippen molar-refractivity contribution in [2.75, 3.05) is 30.8 Å². The first-order valence-corrected chi connectivity index (χ1v) is 6.16. The lowest BCUT2D eigenvalue weighted by molar-refractivity contribution is 0.0706. The Bertz CT molecular complexity index is 396. The summed E-state index contributed by atoms with van der Waals surface area (Å²) in [4.78, 5) is 4.19. The van der Waals surface area contributed by atoms with Gasteiger partial charge in [-0.2, -0.15) is 0 Å². The maximum absolute atomic E-state index is 5.48. The molecule has 0 aromatic carbocycles. The van der Waals surface area contributed by atoms with Crippen LogP contribution in [0.5, 0.6) is 0 Å². The molecule has 0 saturated carbocycles. The predicted octanol–water partition coefficient (Wildman–Crippen LogP) is 1.43. The van der Waals surface area contributed by atoms with Gasteiger partial charge in [-0.3, -0.25) is 4.98 Å². The van der Waals surface area contributed by atoms with E-state index in [0.29, 0.717) is 6.04 Å². The van der Waals surface area contributed by atoms with Crippen LogP contribution in [0.1, 0.15) is 6.42 Å². The minimum absolute atomic E-state index is 0.190. The Labute approximate surface area is 108 Å². The van der Waals surface area contributed by atoms with Crippen molar-refractivity contribution in [3.8, 4) is 0 Å². The maximum Gasteiger partial charge on any atom is 0.0896 e. The van der Waals surface area contributed by atoms with Gasteiger partial charge in [0.05, 0.1) is 35.9 Å². The Morgan fingerprint density at radius 1 is 1.50 bits per heavy atom. The second kappa shape index (κ2) is 6.37. The number of nitrogens with zero attached hydrogens (tertiary/aromatic N) is 1.